The molecule has 5 rings (SSSR count). The number of imidazole rings is 1. The van der Waals surface area contributed by atoms with Gasteiger partial charge in [0.05, 0.1) is 32.2 Å². The number of amides is 1. The predicted octanol–water partition coefficient (Wildman–Crippen LogP) is 6.97. The molecule has 0 bridgehead atoms. The molecule has 6 nitrogen and oxygen atoms in total. The first-order valence-electron chi connectivity index (χ1n) is 10.1. The zero-order chi connectivity index (χ0) is 21.9. The zero-order valence-corrected chi connectivity index (χ0v) is 18.1. The molecular formula is C25H19N5OS. The highest BCUT2D eigenvalue weighted by Gasteiger charge is 2.15. The summed E-state index contributed by atoms with van der Waals surface area (Å²) in [5.41, 5.74) is 4.21. The van der Waals surface area contributed by atoms with Crippen LogP contribution in [-0.2, 0) is 7.05 Å². The minimum Gasteiger partial charge on any atom is -0.326 e. The first-order chi connectivity index (χ1) is 15.7. The highest BCUT2D eigenvalue weighted by atomic mass is 32.1. The molecular weight excluding hydrogens is 418 g/mol. The average molecular weight is 438 g/mol. The van der Waals surface area contributed by atoms with E-state index in [1.54, 1.807) is 0 Å². The van der Waals surface area contributed by atoms with Gasteiger partial charge in [-0.15, -0.1) is 11.3 Å². The molecule has 3 aromatic carbocycles. The molecule has 0 unspecified atom stereocenters. The van der Waals surface area contributed by atoms with Gasteiger partial charge in [-0.3, -0.25) is 4.79 Å². The number of anilines is 1. The highest BCUT2D eigenvalue weighted by molar-refractivity contribution is 7.17. The van der Waals surface area contributed by atoms with Crippen LogP contribution in [0.1, 0.15) is 9.67 Å². The lowest BCUT2D eigenvalue weighted by Crippen LogP contribution is -2.09. The van der Waals surface area contributed by atoms with Crippen LogP contribution in [0.4, 0.5) is 17.1 Å². The molecule has 1 N–H and O–H groups in total. The van der Waals surface area contributed by atoms with Crippen LogP contribution < -0.4 is 5.32 Å². The summed E-state index contributed by atoms with van der Waals surface area (Å²) in [6, 6.07) is 28.6. The summed E-state index contributed by atoms with van der Waals surface area (Å²) in [5, 5.41) is 11.4. The van der Waals surface area contributed by atoms with Gasteiger partial charge >= 0.3 is 0 Å². The second-order valence-corrected chi connectivity index (χ2v) is 8.27. The van der Waals surface area contributed by atoms with Gasteiger partial charge in [-0.2, -0.15) is 10.2 Å². The van der Waals surface area contributed by atoms with Crippen LogP contribution in [0.2, 0.25) is 0 Å². The standard InChI is InChI=1S/C25H19N5OS/c1-30-21-10-6-5-9-20(21)27-24(30)22-15-16-23(32-22)25(31)26-17-11-13-19(14-12-17)29-28-18-7-3-2-4-8-18/h2-16H,1H3,(H,26,31). The van der Waals surface area contributed by atoms with E-state index in [0.29, 0.717) is 16.3 Å². The van der Waals surface area contributed by atoms with Gasteiger partial charge in [-0.1, -0.05) is 30.3 Å². The fourth-order valence-electron chi connectivity index (χ4n) is 3.36. The lowest BCUT2D eigenvalue weighted by molar-refractivity contribution is 0.103. The van der Waals surface area contributed by atoms with Gasteiger partial charge in [0.15, 0.2) is 5.82 Å². The lowest BCUT2D eigenvalue weighted by Gasteiger charge is -2.03. The van der Waals surface area contributed by atoms with Gasteiger partial charge in [0, 0.05) is 12.7 Å². The average Bonchev–Trinajstić information content (AvgIpc) is 3.45. The minimum atomic E-state index is -0.154. The molecule has 7 heteroatoms. The number of azo groups is 1. The van der Waals surface area contributed by atoms with Crippen LogP contribution >= 0.6 is 11.3 Å². The van der Waals surface area contributed by atoms with E-state index in [2.05, 4.69) is 15.5 Å². The van der Waals surface area contributed by atoms with Crippen molar-refractivity contribution in [2.24, 2.45) is 17.3 Å². The zero-order valence-electron chi connectivity index (χ0n) is 17.3. The molecule has 0 aliphatic rings. The van der Waals surface area contributed by atoms with E-state index in [1.807, 2.05) is 103 Å². The molecule has 5 aromatic rings. The number of nitrogens with one attached hydrogen (secondary N) is 1. The van der Waals surface area contributed by atoms with Gasteiger partial charge < -0.3 is 9.88 Å². The van der Waals surface area contributed by atoms with Crippen LogP contribution in [0.3, 0.4) is 0 Å². The van der Waals surface area contributed by atoms with Crippen molar-refractivity contribution in [3.63, 3.8) is 0 Å². The number of carbonyl (C=O) groups is 1. The molecule has 0 aliphatic carbocycles. The highest BCUT2D eigenvalue weighted by Crippen LogP contribution is 2.30. The molecule has 0 atom stereocenters. The number of hydrogen-bond donors (Lipinski definition) is 1. The van der Waals surface area contributed by atoms with Crippen molar-refractivity contribution in [3.8, 4) is 10.7 Å². The largest absolute Gasteiger partial charge is 0.326 e. The molecule has 0 fully saturated rings. The molecule has 0 saturated heterocycles. The predicted molar refractivity (Wildman–Crippen MR) is 129 cm³/mol. The van der Waals surface area contributed by atoms with Gasteiger partial charge in [-0.05, 0) is 60.7 Å². The fraction of sp³-hybridized carbons (Fsp3) is 0.0400. The lowest BCUT2D eigenvalue weighted by atomic mass is 10.3. The Kier molecular flexibility index (Phi) is 5.31. The van der Waals surface area contributed by atoms with E-state index in [-0.39, 0.29) is 5.91 Å². The number of aromatic nitrogens is 2. The maximum Gasteiger partial charge on any atom is 0.265 e. The van der Waals surface area contributed by atoms with Crippen LogP contribution in [0.25, 0.3) is 21.7 Å². The SMILES string of the molecule is Cn1c(-c2ccc(C(=O)Nc3ccc(N=Nc4ccccc4)cc3)s2)nc2ccccc21. The molecule has 0 aliphatic heterocycles. The van der Waals surface area contributed by atoms with Crippen LogP contribution in [0, 0.1) is 0 Å². The number of para-hydroxylation sites is 2. The molecule has 0 saturated carbocycles. The quantitative estimate of drug-likeness (QED) is 0.302. The maximum absolute atomic E-state index is 12.7. The van der Waals surface area contributed by atoms with Gasteiger partial charge in [0.1, 0.15) is 0 Å². The van der Waals surface area contributed by atoms with Crippen LogP contribution in [-0.4, -0.2) is 15.5 Å². The maximum atomic E-state index is 12.7. The molecule has 0 radical (unpaired) electrons. The number of hydrogen-bond acceptors (Lipinski definition) is 5. The number of rotatable bonds is 5. The summed E-state index contributed by atoms with van der Waals surface area (Å²) >= 11 is 1.42. The van der Waals surface area contributed by atoms with Crippen molar-refractivity contribution in [1.29, 1.82) is 0 Å². The van der Waals surface area contributed by atoms with Crippen molar-refractivity contribution in [3.05, 3.63) is 95.9 Å². The summed E-state index contributed by atoms with van der Waals surface area (Å²) in [6.07, 6.45) is 0. The molecule has 32 heavy (non-hydrogen) atoms. The molecule has 2 heterocycles. The van der Waals surface area contributed by atoms with E-state index in [0.717, 1.165) is 27.4 Å². The van der Waals surface area contributed by atoms with Crippen molar-refractivity contribution in [2.45, 2.75) is 0 Å². The molecule has 156 valence electrons. The van der Waals surface area contributed by atoms with Crippen molar-refractivity contribution in [2.75, 3.05) is 5.32 Å². The van der Waals surface area contributed by atoms with E-state index in [9.17, 15) is 4.79 Å². The second kappa shape index (κ2) is 8.56. The monoisotopic (exact) mass is 437 g/mol. The number of aryl methyl sites for hydroxylation is 1. The Balaban J connectivity index is 1.29. The minimum absolute atomic E-state index is 0.154. The second-order valence-electron chi connectivity index (χ2n) is 7.18. The Labute approximate surface area is 188 Å². The Morgan fingerprint density at radius 3 is 2.28 bits per heavy atom. The summed E-state index contributed by atoms with van der Waals surface area (Å²) < 4.78 is 2.05. The Morgan fingerprint density at radius 1 is 0.844 bits per heavy atom. The summed E-state index contributed by atoms with van der Waals surface area (Å²) in [5.74, 6) is 0.696. The third-order valence-corrected chi connectivity index (χ3v) is 6.08. The molecule has 0 spiro atoms. The van der Waals surface area contributed by atoms with Crippen LogP contribution in [0.15, 0.2) is 101 Å². The fourth-order valence-corrected chi connectivity index (χ4v) is 4.29. The summed E-state index contributed by atoms with van der Waals surface area (Å²) in [6.45, 7) is 0. The summed E-state index contributed by atoms with van der Waals surface area (Å²) in [7, 11) is 1.99. The Morgan fingerprint density at radius 2 is 1.53 bits per heavy atom. The normalized spacial score (nSPS) is 11.3. The van der Waals surface area contributed by atoms with Gasteiger partial charge in [0.25, 0.3) is 5.91 Å². The number of benzene rings is 3. The molecule has 1 amide bonds. The topological polar surface area (TPSA) is 71.6 Å². The van der Waals surface area contributed by atoms with Gasteiger partial charge in [-0.25, -0.2) is 4.98 Å². The third-order valence-electron chi connectivity index (χ3n) is 5.00. The number of nitrogens with zero attached hydrogens (tertiary/aromatic N) is 4. The van der Waals surface area contributed by atoms with Crippen molar-refractivity contribution < 1.29 is 4.79 Å². The number of fused-ring (bicyclic) bond motifs is 1. The van der Waals surface area contributed by atoms with Gasteiger partial charge in [0.2, 0.25) is 0 Å². The van der Waals surface area contributed by atoms with Crippen molar-refractivity contribution >= 4 is 45.3 Å². The summed E-state index contributed by atoms with van der Waals surface area (Å²) in [4.78, 5) is 19.0. The van der Waals surface area contributed by atoms with Crippen LogP contribution in [0.5, 0.6) is 0 Å². The van der Waals surface area contributed by atoms with E-state index in [1.165, 1.54) is 11.3 Å². The van der Waals surface area contributed by atoms with E-state index < -0.39 is 0 Å². The Bertz CT molecular complexity index is 1420. The van der Waals surface area contributed by atoms with E-state index >= 15 is 0 Å². The smallest absolute Gasteiger partial charge is 0.265 e. The Hall–Kier alpha value is -4.10. The third kappa shape index (κ3) is 4.06. The molecule has 2 aromatic heterocycles. The van der Waals surface area contributed by atoms with E-state index in [4.69, 9.17) is 4.98 Å². The number of carbonyl (C=O) groups excluding carboxylic acids is 1. The van der Waals surface area contributed by atoms with Crippen molar-refractivity contribution in [1.82, 2.24) is 9.55 Å². The number of thiophene rings is 1. The first-order valence-corrected chi connectivity index (χ1v) is 10.9. The first kappa shape index (κ1) is 19.8.